The summed E-state index contributed by atoms with van der Waals surface area (Å²) in [5.74, 6) is -0.670. The Morgan fingerprint density at radius 3 is 2.94 bits per heavy atom. The third-order valence-corrected chi connectivity index (χ3v) is 3.22. The molecule has 1 aliphatic rings. The summed E-state index contributed by atoms with van der Waals surface area (Å²) in [7, 11) is 0. The van der Waals surface area contributed by atoms with Gasteiger partial charge in [-0.3, -0.25) is 9.59 Å². The van der Waals surface area contributed by atoms with Crippen LogP contribution in [0.15, 0.2) is 0 Å². The van der Waals surface area contributed by atoms with E-state index in [0.717, 1.165) is 19.3 Å². The lowest BCUT2D eigenvalue weighted by Gasteiger charge is -2.20. The first-order valence-corrected chi connectivity index (χ1v) is 6.55. The van der Waals surface area contributed by atoms with Crippen molar-refractivity contribution in [2.75, 3.05) is 13.1 Å². The summed E-state index contributed by atoms with van der Waals surface area (Å²) in [5.41, 5.74) is 5.77. The van der Waals surface area contributed by atoms with Crippen LogP contribution in [0.3, 0.4) is 0 Å². The third-order valence-electron chi connectivity index (χ3n) is 3.22. The Balaban J connectivity index is 2.33. The average Bonchev–Trinajstić information content (AvgIpc) is 2.74. The highest BCUT2D eigenvalue weighted by atomic mass is 16.3. The Bertz CT molecular complexity index is 296. The van der Waals surface area contributed by atoms with E-state index in [9.17, 15) is 14.7 Å². The smallest absolute Gasteiger partial charge is 0.250 e. The molecule has 0 spiro atoms. The first-order chi connectivity index (χ1) is 8.56. The molecule has 0 radical (unpaired) electrons. The highest BCUT2D eigenvalue weighted by molar-refractivity contribution is 5.82. The summed E-state index contributed by atoms with van der Waals surface area (Å²) in [6.45, 7) is 3.21. The predicted molar refractivity (Wildman–Crippen MR) is 67.6 cm³/mol. The molecule has 0 aromatic rings. The van der Waals surface area contributed by atoms with Gasteiger partial charge in [0.25, 0.3) is 0 Å². The summed E-state index contributed by atoms with van der Waals surface area (Å²) < 4.78 is 0. The number of carbonyl (C=O) groups excluding carboxylic acids is 2. The molecule has 1 saturated heterocycles. The molecule has 1 aliphatic heterocycles. The van der Waals surface area contributed by atoms with Crippen LogP contribution < -0.4 is 16.4 Å². The molecule has 0 aromatic heterocycles. The largest absolute Gasteiger partial charge is 0.382 e. The van der Waals surface area contributed by atoms with Crippen molar-refractivity contribution >= 4 is 11.8 Å². The molecule has 3 atom stereocenters. The lowest BCUT2D eigenvalue weighted by Crippen LogP contribution is -2.47. The average molecular weight is 257 g/mol. The van der Waals surface area contributed by atoms with Crippen LogP contribution in [-0.2, 0) is 9.59 Å². The Hall–Kier alpha value is -1.14. The maximum absolute atomic E-state index is 11.6. The van der Waals surface area contributed by atoms with Crippen LogP contribution in [0.1, 0.15) is 32.6 Å². The Morgan fingerprint density at radius 2 is 2.39 bits per heavy atom. The van der Waals surface area contributed by atoms with Crippen molar-refractivity contribution in [3.63, 3.8) is 0 Å². The van der Waals surface area contributed by atoms with Gasteiger partial charge in [-0.15, -0.1) is 0 Å². The van der Waals surface area contributed by atoms with Crippen molar-refractivity contribution in [1.29, 1.82) is 0 Å². The number of unbranched alkanes of at least 4 members (excludes halogenated alkanes) is 1. The number of hydrogen-bond acceptors (Lipinski definition) is 4. The molecular weight excluding hydrogens is 234 g/mol. The van der Waals surface area contributed by atoms with Crippen LogP contribution in [0.4, 0.5) is 0 Å². The summed E-state index contributed by atoms with van der Waals surface area (Å²) >= 11 is 0. The van der Waals surface area contributed by atoms with Crippen LogP contribution >= 0.6 is 0 Å². The first kappa shape index (κ1) is 14.9. The molecule has 6 nitrogen and oxygen atoms in total. The number of amides is 2. The number of nitrogens with two attached hydrogens (primary N) is 1. The van der Waals surface area contributed by atoms with Crippen LogP contribution in [0, 0.1) is 5.92 Å². The zero-order valence-corrected chi connectivity index (χ0v) is 10.8. The molecule has 0 unspecified atom stereocenters. The van der Waals surface area contributed by atoms with Crippen molar-refractivity contribution in [2.24, 2.45) is 11.7 Å². The van der Waals surface area contributed by atoms with Crippen molar-refractivity contribution in [3.05, 3.63) is 0 Å². The number of aliphatic hydroxyl groups excluding tert-OH is 1. The lowest BCUT2D eigenvalue weighted by molar-refractivity contribution is -0.131. The fourth-order valence-corrected chi connectivity index (χ4v) is 2.01. The van der Waals surface area contributed by atoms with Crippen molar-refractivity contribution in [1.82, 2.24) is 10.6 Å². The second kappa shape index (κ2) is 7.33. The summed E-state index contributed by atoms with van der Waals surface area (Å²) in [6.07, 6.45) is 1.67. The zero-order chi connectivity index (χ0) is 13.5. The second-order valence-electron chi connectivity index (χ2n) is 4.77. The standard InChI is InChI=1S/C12H23N3O3/c1-2-3-5-14-12(18)10(16)9(13)7-8-4-6-15-11(8)17/h8-10,16H,2-7,13H2,1H3,(H,14,18)(H,15,17)/t8-,9-,10-/m0/s1. The Kier molecular flexibility index (Phi) is 6.07. The van der Waals surface area contributed by atoms with Gasteiger partial charge in [-0.05, 0) is 19.3 Å². The van der Waals surface area contributed by atoms with E-state index < -0.39 is 18.1 Å². The van der Waals surface area contributed by atoms with Gasteiger partial charge >= 0.3 is 0 Å². The Morgan fingerprint density at radius 1 is 1.67 bits per heavy atom. The van der Waals surface area contributed by atoms with Gasteiger partial charge < -0.3 is 21.5 Å². The molecule has 5 N–H and O–H groups in total. The lowest BCUT2D eigenvalue weighted by atomic mass is 9.95. The quantitative estimate of drug-likeness (QED) is 0.444. The molecule has 0 bridgehead atoms. The van der Waals surface area contributed by atoms with Crippen LogP contribution in [0.5, 0.6) is 0 Å². The molecule has 0 saturated carbocycles. The van der Waals surface area contributed by atoms with E-state index >= 15 is 0 Å². The number of aliphatic hydroxyl groups is 1. The van der Waals surface area contributed by atoms with E-state index in [4.69, 9.17) is 5.73 Å². The molecule has 6 heteroatoms. The highest BCUT2D eigenvalue weighted by Crippen LogP contribution is 2.16. The van der Waals surface area contributed by atoms with E-state index in [-0.39, 0.29) is 11.8 Å². The topological polar surface area (TPSA) is 104 Å². The van der Waals surface area contributed by atoms with Gasteiger partial charge in [-0.1, -0.05) is 13.3 Å². The minimum absolute atomic E-state index is 0.0379. The molecule has 2 amide bonds. The van der Waals surface area contributed by atoms with E-state index in [0.29, 0.717) is 19.5 Å². The van der Waals surface area contributed by atoms with Gasteiger partial charge in [0.05, 0.1) is 0 Å². The van der Waals surface area contributed by atoms with Gasteiger partial charge in [-0.25, -0.2) is 0 Å². The van der Waals surface area contributed by atoms with Gasteiger partial charge in [0, 0.05) is 25.0 Å². The first-order valence-electron chi connectivity index (χ1n) is 6.55. The van der Waals surface area contributed by atoms with Gasteiger partial charge in [0.2, 0.25) is 11.8 Å². The van der Waals surface area contributed by atoms with Gasteiger partial charge in [-0.2, -0.15) is 0 Å². The fourth-order valence-electron chi connectivity index (χ4n) is 2.01. The van der Waals surface area contributed by atoms with Crippen LogP contribution in [0.25, 0.3) is 0 Å². The van der Waals surface area contributed by atoms with E-state index in [1.165, 1.54) is 0 Å². The zero-order valence-electron chi connectivity index (χ0n) is 10.8. The van der Waals surface area contributed by atoms with E-state index in [1.807, 2.05) is 6.92 Å². The van der Waals surface area contributed by atoms with Crippen molar-refractivity contribution < 1.29 is 14.7 Å². The van der Waals surface area contributed by atoms with Crippen molar-refractivity contribution in [2.45, 2.75) is 44.8 Å². The van der Waals surface area contributed by atoms with Gasteiger partial charge in [0.15, 0.2) is 0 Å². The van der Waals surface area contributed by atoms with Crippen LogP contribution in [0.2, 0.25) is 0 Å². The van der Waals surface area contributed by atoms with E-state index in [2.05, 4.69) is 10.6 Å². The molecule has 18 heavy (non-hydrogen) atoms. The molecule has 0 aliphatic carbocycles. The molecule has 104 valence electrons. The minimum Gasteiger partial charge on any atom is -0.382 e. The maximum Gasteiger partial charge on any atom is 0.250 e. The van der Waals surface area contributed by atoms with E-state index in [1.54, 1.807) is 0 Å². The summed E-state index contributed by atoms with van der Waals surface area (Å²) in [4.78, 5) is 22.9. The van der Waals surface area contributed by atoms with Gasteiger partial charge in [0.1, 0.15) is 6.10 Å². The number of hydrogen-bond donors (Lipinski definition) is 4. The number of carbonyl (C=O) groups is 2. The molecule has 1 fully saturated rings. The maximum atomic E-state index is 11.6. The monoisotopic (exact) mass is 257 g/mol. The minimum atomic E-state index is -1.24. The molecular formula is C12H23N3O3. The predicted octanol–water partition coefficient (Wildman–Crippen LogP) is -0.883. The van der Waals surface area contributed by atoms with Crippen molar-refractivity contribution in [3.8, 4) is 0 Å². The second-order valence-corrected chi connectivity index (χ2v) is 4.77. The molecule has 0 aromatic carbocycles. The van der Waals surface area contributed by atoms with Crippen LogP contribution in [-0.4, -0.2) is 42.2 Å². The normalized spacial score (nSPS) is 22.4. The summed E-state index contributed by atoms with van der Waals surface area (Å²) in [5, 5.41) is 15.1. The summed E-state index contributed by atoms with van der Waals surface area (Å²) in [6, 6.07) is -0.694. The number of rotatable bonds is 7. The highest BCUT2D eigenvalue weighted by Gasteiger charge is 2.30. The number of nitrogens with one attached hydrogen (secondary N) is 2. The fraction of sp³-hybridized carbons (Fsp3) is 0.833. The molecule has 1 rings (SSSR count). The third kappa shape index (κ3) is 4.27. The SMILES string of the molecule is CCCCNC(=O)[C@@H](O)[C@@H](N)C[C@@H]1CCNC1=O. The Labute approximate surface area is 107 Å². The molecule has 1 heterocycles.